The number of hydrogen-bond donors (Lipinski definition) is 9. The zero-order chi connectivity index (χ0) is 30.6. The van der Waals surface area contributed by atoms with E-state index < -0.39 is 22.8 Å². The van der Waals surface area contributed by atoms with Gasteiger partial charge in [-0.3, -0.25) is 9.59 Å². The molecule has 16 heteroatoms. The van der Waals surface area contributed by atoms with E-state index in [0.717, 1.165) is 6.20 Å². The van der Waals surface area contributed by atoms with Crippen LogP contribution in [-0.2, 0) is 17.6 Å². The molecule has 222 valence electrons. The Morgan fingerprint density at radius 3 is 2.52 bits per heavy atom. The summed E-state index contributed by atoms with van der Waals surface area (Å²) in [5.41, 5.74) is 11.4. The van der Waals surface area contributed by atoms with Crippen molar-refractivity contribution in [3.8, 4) is 34.3 Å². The van der Waals surface area contributed by atoms with Crippen molar-refractivity contribution in [2.75, 3.05) is 25.4 Å². The summed E-state index contributed by atoms with van der Waals surface area (Å²) >= 11 is 6.90. The van der Waals surface area contributed by atoms with Crippen molar-refractivity contribution in [1.82, 2.24) is 20.3 Å². The number of phenols is 2. The number of nitrogen functional groups attached to an aromatic ring is 1. The molecule has 0 spiro atoms. The molecule has 2 aromatic heterocycles. The van der Waals surface area contributed by atoms with Crippen molar-refractivity contribution >= 4 is 60.3 Å². The van der Waals surface area contributed by atoms with E-state index >= 15 is 0 Å². The summed E-state index contributed by atoms with van der Waals surface area (Å²) in [6, 6.07) is 4.69. The van der Waals surface area contributed by atoms with Crippen LogP contribution >= 0.6 is 31.9 Å². The molecule has 0 aliphatic rings. The Balaban J connectivity index is 1.48. The van der Waals surface area contributed by atoms with Gasteiger partial charge < -0.3 is 52.0 Å². The number of benzene rings is 2. The molecule has 0 fully saturated rings. The number of ether oxygens (including phenoxy) is 1. The van der Waals surface area contributed by atoms with E-state index in [1.165, 1.54) is 6.07 Å². The molecule has 4 rings (SSSR count). The Hall–Kier alpha value is -4.28. The number of aromatic hydroxyl groups is 3. The average molecular weight is 709 g/mol. The number of pyridine rings is 1. The predicted molar refractivity (Wildman–Crippen MR) is 162 cm³/mol. The molecule has 1 amide bonds. The fourth-order valence-electron chi connectivity index (χ4n) is 4.24. The van der Waals surface area contributed by atoms with Crippen molar-refractivity contribution in [2.24, 2.45) is 10.9 Å². The van der Waals surface area contributed by atoms with Gasteiger partial charge in [0.1, 0.15) is 23.0 Å². The van der Waals surface area contributed by atoms with Gasteiger partial charge in [-0.25, -0.2) is 4.98 Å². The smallest absolute Gasteiger partial charge is 0.269 e. The van der Waals surface area contributed by atoms with E-state index in [1.54, 1.807) is 12.1 Å². The number of H-pyrrole nitrogens is 2. The number of carbonyl (C=O) groups is 1. The number of aromatic nitrogens is 3. The van der Waals surface area contributed by atoms with Crippen LogP contribution < -0.4 is 26.9 Å². The third-order valence-corrected chi connectivity index (χ3v) is 7.39. The number of oxime groups is 1. The molecular weight excluding hydrogens is 682 g/mol. The van der Waals surface area contributed by atoms with Crippen LogP contribution in [0.4, 0.5) is 5.95 Å². The van der Waals surface area contributed by atoms with Crippen LogP contribution in [0.3, 0.4) is 0 Å². The van der Waals surface area contributed by atoms with Crippen molar-refractivity contribution in [1.29, 1.82) is 0 Å². The molecule has 4 aromatic rings. The summed E-state index contributed by atoms with van der Waals surface area (Å²) in [5.74, 6) is -1.60. The maximum Gasteiger partial charge on any atom is 0.269 e. The molecule has 2 aromatic carbocycles. The zero-order valence-corrected chi connectivity index (χ0v) is 25.0. The lowest BCUT2D eigenvalue weighted by Gasteiger charge is -2.13. The van der Waals surface area contributed by atoms with Gasteiger partial charge in [0.2, 0.25) is 5.43 Å². The molecule has 2 heterocycles. The topological polar surface area (TPSA) is 245 Å². The minimum Gasteiger partial charge on any atom is -0.506 e. The Bertz CT molecular complexity index is 1710. The second-order valence-corrected chi connectivity index (χ2v) is 10.8. The highest BCUT2D eigenvalue weighted by atomic mass is 79.9. The Morgan fingerprint density at radius 2 is 1.86 bits per heavy atom. The molecule has 11 N–H and O–H groups in total. The first-order chi connectivity index (χ1) is 20.0. The number of phenolic OH excluding ortho intramolecular Hbond substituents is 2. The van der Waals surface area contributed by atoms with Gasteiger partial charge in [0, 0.05) is 36.8 Å². The third-order valence-electron chi connectivity index (χ3n) is 6.21. The maximum atomic E-state index is 12.8. The van der Waals surface area contributed by atoms with Gasteiger partial charge in [-0.05, 0) is 68.6 Å². The highest BCUT2D eigenvalue weighted by Gasteiger charge is 2.22. The molecule has 0 saturated carbocycles. The van der Waals surface area contributed by atoms with Gasteiger partial charge >= 0.3 is 0 Å². The third kappa shape index (κ3) is 6.45. The van der Waals surface area contributed by atoms with Crippen LogP contribution in [0.1, 0.15) is 17.7 Å². The van der Waals surface area contributed by atoms with E-state index in [1.807, 2.05) is 0 Å². The van der Waals surface area contributed by atoms with Crippen LogP contribution in [0.5, 0.6) is 23.0 Å². The Morgan fingerprint density at radius 1 is 1.14 bits per heavy atom. The van der Waals surface area contributed by atoms with Crippen LogP contribution in [0, 0.1) is 0 Å². The number of nitrogens with two attached hydrogens (primary N) is 2. The number of imidazole rings is 1. The quantitative estimate of drug-likeness (QED) is 0.0362. The van der Waals surface area contributed by atoms with Gasteiger partial charge in [0.05, 0.1) is 32.1 Å². The van der Waals surface area contributed by atoms with Gasteiger partial charge in [-0.15, -0.1) is 0 Å². The molecule has 0 aliphatic heterocycles. The first kappa shape index (κ1) is 30.7. The fraction of sp³-hybridized carbons (Fsp3) is 0.231. The van der Waals surface area contributed by atoms with E-state index in [4.69, 9.17) is 16.2 Å². The lowest BCUT2D eigenvalue weighted by Crippen LogP contribution is -2.34. The lowest BCUT2D eigenvalue weighted by molar-refractivity contribution is -0.115. The molecule has 14 nitrogen and oxygen atoms in total. The second kappa shape index (κ2) is 13.1. The zero-order valence-electron chi connectivity index (χ0n) is 21.9. The monoisotopic (exact) mass is 707 g/mol. The number of fused-ring (bicyclic) bond motifs is 1. The molecule has 0 radical (unpaired) electrons. The molecule has 0 saturated heterocycles. The number of carbonyl (C=O) groups excluding carboxylic acids is 1. The second-order valence-electron chi connectivity index (χ2n) is 9.10. The van der Waals surface area contributed by atoms with Gasteiger partial charge in [0.25, 0.3) is 5.91 Å². The maximum absolute atomic E-state index is 12.8. The average Bonchev–Trinajstić information content (AvgIpc) is 3.32. The summed E-state index contributed by atoms with van der Waals surface area (Å²) in [7, 11) is 0. The number of halogens is 2. The highest BCUT2D eigenvalue weighted by Crippen LogP contribution is 2.40. The SMILES string of the molecule is NCCCOc1c(Br)cc(C/C(=N\O)C(=O)NCCc2[nH]c(N)nc2-c2cc(O)c3[nH]cc(O)c(=O)c3c2O)cc1Br. The summed E-state index contributed by atoms with van der Waals surface area (Å²) < 4.78 is 7.01. The van der Waals surface area contributed by atoms with Gasteiger partial charge in [0.15, 0.2) is 11.7 Å². The molecular formula is C26H27Br2N7O7. The van der Waals surface area contributed by atoms with Gasteiger partial charge in [-0.1, -0.05) is 5.16 Å². The number of amides is 1. The number of nitrogens with one attached hydrogen (secondary N) is 3. The van der Waals surface area contributed by atoms with E-state index in [-0.39, 0.29) is 59.0 Å². The van der Waals surface area contributed by atoms with Crippen molar-refractivity contribution in [2.45, 2.75) is 19.3 Å². The van der Waals surface area contributed by atoms with Crippen LogP contribution in [0.25, 0.3) is 22.2 Å². The number of rotatable bonds is 11. The summed E-state index contributed by atoms with van der Waals surface area (Å²) in [4.78, 5) is 34.8. The van der Waals surface area contributed by atoms with E-state index in [2.05, 4.69) is 57.3 Å². The standard InChI is InChI=1S/C26H27Br2N7O7/c27-13-6-11(7-14(28)24(13)42-5-1-3-29)8-16(35-41)25(40)31-4-2-15-20(34-26(30)33-15)12-9-17(36)21-19(22(12)38)23(39)18(37)10-32-21/h6-7,9-10,36-38,41H,1-5,8,29H2,(H,31,40)(H,32,39)(H3,30,33,34)/b35-16+. The largest absolute Gasteiger partial charge is 0.506 e. The molecule has 0 bridgehead atoms. The van der Waals surface area contributed by atoms with E-state index in [0.29, 0.717) is 45.5 Å². The number of hydrogen-bond acceptors (Lipinski definition) is 11. The molecule has 0 aliphatic carbocycles. The number of aromatic amines is 2. The minimum atomic E-state index is -0.889. The first-order valence-electron chi connectivity index (χ1n) is 12.5. The lowest BCUT2D eigenvalue weighted by atomic mass is 10.0. The fourth-order valence-corrected chi connectivity index (χ4v) is 5.75. The van der Waals surface area contributed by atoms with Gasteiger partial charge in [-0.2, -0.15) is 0 Å². The molecule has 42 heavy (non-hydrogen) atoms. The summed E-state index contributed by atoms with van der Waals surface area (Å²) in [6.45, 7) is 0.970. The molecule has 0 unspecified atom stereocenters. The number of anilines is 1. The van der Waals surface area contributed by atoms with Crippen LogP contribution in [-0.4, -0.2) is 66.8 Å². The number of nitrogens with zero attached hydrogens (tertiary/aromatic N) is 2. The highest BCUT2D eigenvalue weighted by molar-refractivity contribution is 9.11. The molecule has 0 atom stereocenters. The van der Waals surface area contributed by atoms with Crippen LogP contribution in [0.15, 0.2) is 43.3 Å². The minimum absolute atomic E-state index is 0.0104. The van der Waals surface area contributed by atoms with Crippen molar-refractivity contribution in [3.63, 3.8) is 0 Å². The summed E-state index contributed by atoms with van der Waals surface area (Å²) in [5, 5.41) is 46.1. The Kier molecular flexibility index (Phi) is 9.59. The first-order valence-corrected chi connectivity index (χ1v) is 14.1. The van der Waals surface area contributed by atoms with E-state index in [9.17, 15) is 30.1 Å². The summed E-state index contributed by atoms with van der Waals surface area (Å²) in [6.07, 6.45) is 1.83. The van der Waals surface area contributed by atoms with Crippen molar-refractivity contribution < 1.29 is 30.1 Å². The van der Waals surface area contributed by atoms with Crippen molar-refractivity contribution in [3.05, 3.63) is 54.8 Å². The normalized spacial score (nSPS) is 11.6. The predicted octanol–water partition coefficient (Wildman–Crippen LogP) is 2.60. The van der Waals surface area contributed by atoms with Crippen LogP contribution in [0.2, 0.25) is 0 Å². The Labute approximate surface area is 254 Å².